The number of urea groups is 1. The number of hydrogen-bond acceptors (Lipinski definition) is 3. The van der Waals surface area contributed by atoms with Gasteiger partial charge in [0, 0.05) is 0 Å². The number of rotatable bonds is 4. The van der Waals surface area contributed by atoms with Crippen LogP contribution in [-0.4, -0.2) is 17.7 Å². The van der Waals surface area contributed by atoms with Crippen LogP contribution < -0.4 is 10.6 Å². The first-order chi connectivity index (χ1) is 11.3. The number of aryl methyl sites for hydroxylation is 2. The molecule has 128 valence electrons. The first kappa shape index (κ1) is 16.5. The van der Waals surface area contributed by atoms with Gasteiger partial charge in [-0.25, -0.2) is 9.18 Å². The monoisotopic (exact) mass is 332 g/mol. The molecule has 3 N–H and O–H groups in total. The van der Waals surface area contributed by atoms with E-state index < -0.39 is 11.6 Å². The van der Waals surface area contributed by atoms with Crippen molar-refractivity contribution in [3.63, 3.8) is 0 Å². The standard InChI is InChI=1S/C18H21FN2O3/c1-11-3-8-16(24-11)18(2,23)10-20-17(22)21-15-7-5-12-4-6-13(19)9-14(12)15/h3-4,6,8-9,15,23H,5,7,10H2,1-2H3,(H2,20,21,22). The van der Waals surface area contributed by atoms with E-state index in [0.29, 0.717) is 11.5 Å². The van der Waals surface area contributed by atoms with E-state index in [1.807, 2.05) is 0 Å². The Labute approximate surface area is 139 Å². The molecule has 1 aromatic carbocycles. The van der Waals surface area contributed by atoms with E-state index >= 15 is 0 Å². The van der Waals surface area contributed by atoms with Gasteiger partial charge in [-0.05, 0) is 62.1 Å². The van der Waals surface area contributed by atoms with Crippen LogP contribution in [0.5, 0.6) is 0 Å². The van der Waals surface area contributed by atoms with Crippen molar-refractivity contribution < 1.29 is 18.7 Å². The predicted octanol–water partition coefficient (Wildman–Crippen LogP) is 2.92. The number of furan rings is 1. The van der Waals surface area contributed by atoms with Crippen molar-refractivity contribution in [2.75, 3.05) is 6.54 Å². The lowest BCUT2D eigenvalue weighted by atomic mass is 10.0. The average molecular weight is 332 g/mol. The number of benzene rings is 1. The van der Waals surface area contributed by atoms with Gasteiger partial charge in [0.2, 0.25) is 0 Å². The molecule has 0 saturated carbocycles. The van der Waals surface area contributed by atoms with Crippen LogP contribution in [0.2, 0.25) is 0 Å². The summed E-state index contributed by atoms with van der Waals surface area (Å²) in [5.41, 5.74) is 0.573. The largest absolute Gasteiger partial charge is 0.463 e. The van der Waals surface area contributed by atoms with Crippen molar-refractivity contribution in [2.24, 2.45) is 0 Å². The molecule has 0 aliphatic heterocycles. The van der Waals surface area contributed by atoms with E-state index in [4.69, 9.17) is 4.42 Å². The lowest BCUT2D eigenvalue weighted by Crippen LogP contribution is -2.44. The number of nitrogens with one attached hydrogen (secondary N) is 2. The van der Waals surface area contributed by atoms with Gasteiger partial charge in [0.15, 0.2) is 0 Å². The SMILES string of the molecule is Cc1ccc(C(C)(O)CNC(=O)NC2CCc3ccc(F)cc32)o1. The Balaban J connectivity index is 1.58. The summed E-state index contributed by atoms with van der Waals surface area (Å²) in [5, 5.41) is 15.9. The zero-order chi connectivity index (χ0) is 17.3. The second-order valence-electron chi connectivity index (χ2n) is 6.45. The Hall–Kier alpha value is -2.34. The van der Waals surface area contributed by atoms with Crippen molar-refractivity contribution in [1.82, 2.24) is 10.6 Å². The molecule has 2 aromatic rings. The molecule has 24 heavy (non-hydrogen) atoms. The second-order valence-corrected chi connectivity index (χ2v) is 6.45. The van der Waals surface area contributed by atoms with Crippen molar-refractivity contribution in [3.8, 4) is 0 Å². The maximum Gasteiger partial charge on any atom is 0.315 e. The number of carbonyl (C=O) groups excluding carboxylic acids is 1. The number of aliphatic hydroxyl groups is 1. The first-order valence-corrected chi connectivity index (χ1v) is 7.97. The van der Waals surface area contributed by atoms with Crippen LogP contribution in [0.4, 0.5) is 9.18 Å². The molecule has 0 saturated heterocycles. The fraction of sp³-hybridized carbons (Fsp3) is 0.389. The Morgan fingerprint density at radius 3 is 2.92 bits per heavy atom. The summed E-state index contributed by atoms with van der Waals surface area (Å²) in [6, 6.07) is 7.48. The van der Waals surface area contributed by atoms with E-state index in [2.05, 4.69) is 10.6 Å². The minimum Gasteiger partial charge on any atom is -0.463 e. The quantitative estimate of drug-likeness (QED) is 0.806. The molecule has 0 fully saturated rings. The van der Waals surface area contributed by atoms with Crippen LogP contribution >= 0.6 is 0 Å². The van der Waals surface area contributed by atoms with Crippen molar-refractivity contribution in [2.45, 2.75) is 38.3 Å². The van der Waals surface area contributed by atoms with Gasteiger partial charge in [-0.1, -0.05) is 6.07 Å². The van der Waals surface area contributed by atoms with E-state index in [-0.39, 0.29) is 18.4 Å². The zero-order valence-electron chi connectivity index (χ0n) is 13.7. The number of hydrogen-bond donors (Lipinski definition) is 3. The number of halogens is 1. The molecule has 0 bridgehead atoms. The minimum atomic E-state index is -1.30. The van der Waals surface area contributed by atoms with Crippen LogP contribution in [0.15, 0.2) is 34.7 Å². The van der Waals surface area contributed by atoms with Gasteiger partial charge in [-0.15, -0.1) is 0 Å². The van der Waals surface area contributed by atoms with Gasteiger partial charge in [-0.2, -0.15) is 0 Å². The highest BCUT2D eigenvalue weighted by Gasteiger charge is 2.29. The number of carbonyl (C=O) groups is 1. The van der Waals surface area contributed by atoms with Gasteiger partial charge in [0.05, 0.1) is 12.6 Å². The molecule has 3 rings (SSSR count). The molecule has 5 nitrogen and oxygen atoms in total. The van der Waals surface area contributed by atoms with Crippen molar-refractivity contribution in [1.29, 1.82) is 0 Å². The Morgan fingerprint density at radius 1 is 1.42 bits per heavy atom. The molecule has 2 atom stereocenters. The summed E-state index contributed by atoms with van der Waals surface area (Å²) < 4.78 is 18.8. The van der Waals surface area contributed by atoms with Gasteiger partial charge in [0.25, 0.3) is 0 Å². The maximum atomic E-state index is 13.4. The summed E-state index contributed by atoms with van der Waals surface area (Å²) in [4.78, 5) is 12.1. The van der Waals surface area contributed by atoms with E-state index in [0.717, 1.165) is 24.0 Å². The van der Waals surface area contributed by atoms with Crippen molar-refractivity contribution >= 4 is 6.03 Å². The smallest absolute Gasteiger partial charge is 0.315 e. The molecule has 6 heteroatoms. The first-order valence-electron chi connectivity index (χ1n) is 7.97. The van der Waals surface area contributed by atoms with Crippen LogP contribution in [0.25, 0.3) is 0 Å². The fourth-order valence-corrected chi connectivity index (χ4v) is 3.00. The lowest BCUT2D eigenvalue weighted by Gasteiger charge is -2.22. The molecule has 1 aliphatic carbocycles. The summed E-state index contributed by atoms with van der Waals surface area (Å²) in [5.74, 6) is 0.784. The number of amides is 2. The summed E-state index contributed by atoms with van der Waals surface area (Å²) >= 11 is 0. The normalized spacial score (nSPS) is 18.8. The van der Waals surface area contributed by atoms with Crippen molar-refractivity contribution in [3.05, 3.63) is 58.8 Å². The lowest BCUT2D eigenvalue weighted by molar-refractivity contribution is 0.0359. The average Bonchev–Trinajstić information content (AvgIpc) is 3.13. The van der Waals surface area contributed by atoms with E-state index in [9.17, 15) is 14.3 Å². The molecule has 1 aromatic heterocycles. The third-order valence-electron chi connectivity index (χ3n) is 4.36. The van der Waals surface area contributed by atoms with Crippen LogP contribution in [-0.2, 0) is 12.0 Å². The predicted molar refractivity (Wildman–Crippen MR) is 87.0 cm³/mol. The Bertz CT molecular complexity index is 754. The van der Waals surface area contributed by atoms with Gasteiger partial charge in [-0.3, -0.25) is 0 Å². The third kappa shape index (κ3) is 3.43. The summed E-state index contributed by atoms with van der Waals surface area (Å²) in [7, 11) is 0. The van der Waals surface area contributed by atoms with Crippen LogP contribution in [0.3, 0.4) is 0 Å². The van der Waals surface area contributed by atoms with Crippen LogP contribution in [0.1, 0.15) is 42.0 Å². The molecule has 0 spiro atoms. The Kier molecular flexibility index (Phi) is 4.32. The molecular weight excluding hydrogens is 311 g/mol. The van der Waals surface area contributed by atoms with Gasteiger partial charge in [0.1, 0.15) is 22.9 Å². The zero-order valence-corrected chi connectivity index (χ0v) is 13.7. The highest BCUT2D eigenvalue weighted by molar-refractivity contribution is 5.74. The highest BCUT2D eigenvalue weighted by atomic mass is 19.1. The molecule has 0 radical (unpaired) electrons. The maximum absolute atomic E-state index is 13.4. The Morgan fingerprint density at radius 2 is 2.21 bits per heavy atom. The second kappa shape index (κ2) is 6.28. The topological polar surface area (TPSA) is 74.5 Å². The van der Waals surface area contributed by atoms with Crippen LogP contribution in [0, 0.1) is 12.7 Å². The van der Waals surface area contributed by atoms with E-state index in [1.54, 1.807) is 32.0 Å². The third-order valence-corrected chi connectivity index (χ3v) is 4.36. The summed E-state index contributed by atoms with van der Waals surface area (Å²) in [6.07, 6.45) is 1.55. The number of fused-ring (bicyclic) bond motifs is 1. The van der Waals surface area contributed by atoms with Gasteiger partial charge >= 0.3 is 6.03 Å². The molecule has 2 amide bonds. The molecule has 2 unspecified atom stereocenters. The molecule has 1 heterocycles. The minimum absolute atomic E-state index is 0.00845. The molecular formula is C18H21FN2O3. The van der Waals surface area contributed by atoms with Gasteiger partial charge < -0.3 is 20.2 Å². The van der Waals surface area contributed by atoms with E-state index in [1.165, 1.54) is 12.1 Å². The summed E-state index contributed by atoms with van der Waals surface area (Å²) in [6.45, 7) is 3.37. The molecule has 1 aliphatic rings. The highest BCUT2D eigenvalue weighted by Crippen LogP contribution is 2.31. The fourth-order valence-electron chi connectivity index (χ4n) is 3.00.